The highest BCUT2D eigenvalue weighted by molar-refractivity contribution is 6.34. The number of hydrogen-bond acceptors (Lipinski definition) is 4. The SMILES string of the molecule is CCOC(=O)C(c1cc(Cl)cc(Cl)c1)N1CCNCC1. The van der Waals surface area contributed by atoms with Crippen LogP contribution in [-0.2, 0) is 9.53 Å². The number of piperazine rings is 1. The highest BCUT2D eigenvalue weighted by Crippen LogP contribution is 2.28. The van der Waals surface area contributed by atoms with Crippen LogP contribution in [0.4, 0.5) is 0 Å². The van der Waals surface area contributed by atoms with Crippen molar-refractivity contribution in [2.75, 3.05) is 32.8 Å². The molecule has 1 aromatic rings. The number of carbonyl (C=O) groups excluding carboxylic acids is 1. The Balaban J connectivity index is 2.31. The predicted molar refractivity (Wildman–Crippen MR) is 80.3 cm³/mol. The van der Waals surface area contributed by atoms with E-state index < -0.39 is 6.04 Å². The molecule has 1 aliphatic heterocycles. The van der Waals surface area contributed by atoms with Gasteiger partial charge in [-0.3, -0.25) is 4.90 Å². The fourth-order valence-electron chi connectivity index (χ4n) is 2.39. The number of esters is 1. The molecule has 1 saturated heterocycles. The Labute approximate surface area is 129 Å². The average Bonchev–Trinajstić information content (AvgIpc) is 2.39. The molecule has 0 bridgehead atoms. The fraction of sp³-hybridized carbons (Fsp3) is 0.500. The quantitative estimate of drug-likeness (QED) is 0.867. The van der Waals surface area contributed by atoms with E-state index in [2.05, 4.69) is 10.2 Å². The highest BCUT2D eigenvalue weighted by Gasteiger charge is 2.30. The zero-order valence-corrected chi connectivity index (χ0v) is 12.9. The van der Waals surface area contributed by atoms with Crippen molar-refractivity contribution >= 4 is 29.2 Å². The van der Waals surface area contributed by atoms with Crippen molar-refractivity contribution < 1.29 is 9.53 Å². The average molecular weight is 317 g/mol. The number of nitrogens with zero attached hydrogens (tertiary/aromatic N) is 1. The molecule has 0 saturated carbocycles. The third-order valence-electron chi connectivity index (χ3n) is 3.23. The van der Waals surface area contributed by atoms with Crippen LogP contribution >= 0.6 is 23.2 Å². The van der Waals surface area contributed by atoms with Gasteiger partial charge in [0, 0.05) is 36.2 Å². The molecular formula is C14H18Cl2N2O2. The summed E-state index contributed by atoms with van der Waals surface area (Å²) in [5.74, 6) is -0.257. The molecule has 6 heteroatoms. The van der Waals surface area contributed by atoms with Gasteiger partial charge in [0.1, 0.15) is 6.04 Å². The van der Waals surface area contributed by atoms with Crippen LogP contribution in [0.2, 0.25) is 10.0 Å². The van der Waals surface area contributed by atoms with Gasteiger partial charge < -0.3 is 10.1 Å². The number of rotatable bonds is 4. The summed E-state index contributed by atoms with van der Waals surface area (Å²) < 4.78 is 5.20. The Morgan fingerprint density at radius 2 is 1.90 bits per heavy atom. The fourth-order valence-corrected chi connectivity index (χ4v) is 2.93. The van der Waals surface area contributed by atoms with E-state index in [1.54, 1.807) is 25.1 Å². The first-order valence-corrected chi connectivity index (χ1v) is 7.45. The lowest BCUT2D eigenvalue weighted by Crippen LogP contribution is -2.47. The lowest BCUT2D eigenvalue weighted by molar-refractivity contribution is -0.150. The monoisotopic (exact) mass is 316 g/mol. The Hall–Kier alpha value is -0.810. The molecule has 1 N–H and O–H groups in total. The van der Waals surface area contributed by atoms with E-state index in [-0.39, 0.29) is 5.97 Å². The van der Waals surface area contributed by atoms with Gasteiger partial charge in [-0.2, -0.15) is 0 Å². The van der Waals surface area contributed by atoms with Crippen LogP contribution in [0.1, 0.15) is 18.5 Å². The molecule has 0 amide bonds. The van der Waals surface area contributed by atoms with Gasteiger partial charge in [-0.15, -0.1) is 0 Å². The maximum atomic E-state index is 12.3. The summed E-state index contributed by atoms with van der Waals surface area (Å²) in [4.78, 5) is 14.4. The molecule has 1 fully saturated rings. The number of carbonyl (C=O) groups is 1. The topological polar surface area (TPSA) is 41.6 Å². The Morgan fingerprint density at radius 1 is 1.30 bits per heavy atom. The predicted octanol–water partition coefficient (Wildman–Crippen LogP) is 2.50. The summed E-state index contributed by atoms with van der Waals surface area (Å²) in [6, 6.07) is 4.76. The largest absolute Gasteiger partial charge is 0.465 e. The smallest absolute Gasteiger partial charge is 0.328 e. The maximum Gasteiger partial charge on any atom is 0.328 e. The van der Waals surface area contributed by atoms with Crippen molar-refractivity contribution in [2.45, 2.75) is 13.0 Å². The van der Waals surface area contributed by atoms with E-state index in [0.29, 0.717) is 16.7 Å². The van der Waals surface area contributed by atoms with Crippen LogP contribution in [-0.4, -0.2) is 43.7 Å². The molecule has 0 aliphatic carbocycles. The molecule has 1 atom stereocenters. The van der Waals surface area contributed by atoms with Gasteiger partial charge >= 0.3 is 5.97 Å². The second-order valence-electron chi connectivity index (χ2n) is 4.64. The molecular weight excluding hydrogens is 299 g/mol. The van der Waals surface area contributed by atoms with Crippen molar-refractivity contribution in [1.82, 2.24) is 10.2 Å². The van der Waals surface area contributed by atoms with Gasteiger partial charge in [0.15, 0.2) is 0 Å². The Kier molecular flexibility index (Phi) is 5.66. The maximum absolute atomic E-state index is 12.3. The van der Waals surface area contributed by atoms with E-state index in [4.69, 9.17) is 27.9 Å². The molecule has 0 spiro atoms. The van der Waals surface area contributed by atoms with E-state index in [1.165, 1.54) is 0 Å². The van der Waals surface area contributed by atoms with Crippen LogP contribution < -0.4 is 5.32 Å². The van der Waals surface area contributed by atoms with Crippen LogP contribution in [0, 0.1) is 0 Å². The number of nitrogens with one attached hydrogen (secondary N) is 1. The van der Waals surface area contributed by atoms with Crippen molar-refractivity contribution in [3.8, 4) is 0 Å². The zero-order chi connectivity index (χ0) is 14.5. The first-order chi connectivity index (χ1) is 9.61. The Morgan fingerprint density at radius 3 is 2.45 bits per heavy atom. The Bertz CT molecular complexity index is 456. The summed E-state index contributed by atoms with van der Waals surface area (Å²) in [6.45, 7) is 5.43. The molecule has 1 unspecified atom stereocenters. The van der Waals surface area contributed by atoms with Gasteiger partial charge in [0.25, 0.3) is 0 Å². The number of halogens is 2. The number of hydrogen-bond donors (Lipinski definition) is 1. The van der Waals surface area contributed by atoms with Crippen LogP contribution in [0.15, 0.2) is 18.2 Å². The summed E-state index contributed by atoms with van der Waals surface area (Å²) in [5.41, 5.74) is 0.780. The van der Waals surface area contributed by atoms with Crippen molar-refractivity contribution in [3.05, 3.63) is 33.8 Å². The molecule has 20 heavy (non-hydrogen) atoms. The highest BCUT2D eigenvalue weighted by atomic mass is 35.5. The summed E-state index contributed by atoms with van der Waals surface area (Å²) in [6.07, 6.45) is 0. The minimum Gasteiger partial charge on any atom is -0.465 e. The minimum atomic E-state index is -0.451. The lowest BCUT2D eigenvalue weighted by atomic mass is 10.0. The number of benzene rings is 1. The normalized spacial score (nSPS) is 17.8. The molecule has 1 heterocycles. The minimum absolute atomic E-state index is 0.257. The molecule has 110 valence electrons. The van der Waals surface area contributed by atoms with E-state index >= 15 is 0 Å². The third-order valence-corrected chi connectivity index (χ3v) is 3.66. The summed E-state index contributed by atoms with van der Waals surface area (Å²) in [5, 5.41) is 4.32. The van der Waals surface area contributed by atoms with Crippen molar-refractivity contribution in [1.29, 1.82) is 0 Å². The lowest BCUT2D eigenvalue weighted by Gasteiger charge is -2.33. The van der Waals surface area contributed by atoms with Gasteiger partial charge in [-0.05, 0) is 30.7 Å². The molecule has 1 aromatic carbocycles. The van der Waals surface area contributed by atoms with Crippen molar-refractivity contribution in [3.63, 3.8) is 0 Å². The molecule has 1 aliphatic rings. The molecule has 2 rings (SSSR count). The second-order valence-corrected chi connectivity index (χ2v) is 5.52. The van der Waals surface area contributed by atoms with Gasteiger partial charge in [-0.25, -0.2) is 4.79 Å². The van der Waals surface area contributed by atoms with Gasteiger partial charge in [-0.1, -0.05) is 23.2 Å². The second kappa shape index (κ2) is 7.27. The first-order valence-electron chi connectivity index (χ1n) is 6.69. The number of ether oxygens (including phenoxy) is 1. The molecule has 4 nitrogen and oxygen atoms in total. The van der Waals surface area contributed by atoms with E-state index in [1.807, 2.05) is 0 Å². The first kappa shape index (κ1) is 15.6. The summed E-state index contributed by atoms with van der Waals surface area (Å²) >= 11 is 12.1. The zero-order valence-electron chi connectivity index (χ0n) is 11.4. The van der Waals surface area contributed by atoms with E-state index in [0.717, 1.165) is 31.7 Å². The molecule has 0 aromatic heterocycles. The van der Waals surface area contributed by atoms with Gasteiger partial charge in [0.05, 0.1) is 6.61 Å². The van der Waals surface area contributed by atoms with Gasteiger partial charge in [0.2, 0.25) is 0 Å². The third kappa shape index (κ3) is 3.85. The van der Waals surface area contributed by atoms with Crippen LogP contribution in [0.5, 0.6) is 0 Å². The molecule has 0 radical (unpaired) electrons. The van der Waals surface area contributed by atoms with E-state index in [9.17, 15) is 4.79 Å². The van der Waals surface area contributed by atoms with Crippen molar-refractivity contribution in [2.24, 2.45) is 0 Å². The summed E-state index contributed by atoms with van der Waals surface area (Å²) in [7, 11) is 0. The standard InChI is InChI=1S/C14H18Cl2N2O2/c1-2-20-14(19)13(18-5-3-17-4-6-18)10-7-11(15)9-12(16)8-10/h7-9,13,17H,2-6H2,1H3. The van der Waals surface area contributed by atoms with Crippen LogP contribution in [0.3, 0.4) is 0 Å². The van der Waals surface area contributed by atoms with Crippen LogP contribution in [0.25, 0.3) is 0 Å².